The molecular weight excluding hydrogens is 234 g/mol. The Morgan fingerprint density at radius 3 is 2.42 bits per heavy atom. The first-order valence-corrected chi connectivity index (χ1v) is 7.10. The van der Waals surface area contributed by atoms with Crippen LogP contribution in [0.5, 0.6) is 0 Å². The summed E-state index contributed by atoms with van der Waals surface area (Å²) in [5.74, 6) is 6.33. The van der Waals surface area contributed by atoms with Crippen LogP contribution in [0.4, 0.5) is 0 Å². The summed E-state index contributed by atoms with van der Waals surface area (Å²) in [6, 6.07) is 8.30. The third kappa shape index (κ3) is 5.92. The Hall–Kier alpha value is -1.30. The molecule has 0 amide bonds. The van der Waals surface area contributed by atoms with Crippen molar-refractivity contribution in [1.82, 2.24) is 4.90 Å². The van der Waals surface area contributed by atoms with Crippen LogP contribution in [0.2, 0.25) is 0 Å². The predicted octanol–water partition coefficient (Wildman–Crippen LogP) is 2.90. The molecule has 2 nitrogen and oxygen atoms in total. The van der Waals surface area contributed by atoms with Gasteiger partial charge in [0.2, 0.25) is 0 Å². The molecule has 0 saturated carbocycles. The molecule has 1 N–H and O–H groups in total. The summed E-state index contributed by atoms with van der Waals surface area (Å²) in [6.07, 6.45) is 1.23. The van der Waals surface area contributed by atoms with E-state index in [1.807, 2.05) is 12.1 Å². The van der Waals surface area contributed by atoms with Crippen LogP contribution in [-0.2, 0) is 6.54 Å². The zero-order chi connectivity index (χ0) is 14.1. The average Bonchev–Trinajstić information content (AvgIpc) is 2.45. The maximum atomic E-state index is 8.66. The van der Waals surface area contributed by atoms with Crippen LogP contribution in [0.25, 0.3) is 0 Å². The van der Waals surface area contributed by atoms with Gasteiger partial charge in [-0.2, -0.15) is 0 Å². The molecule has 1 rings (SSSR count). The smallest absolute Gasteiger partial charge is 0.104 e. The number of hydrogen-bond acceptors (Lipinski definition) is 2. The van der Waals surface area contributed by atoms with Crippen molar-refractivity contribution < 1.29 is 5.11 Å². The van der Waals surface area contributed by atoms with Crippen molar-refractivity contribution in [2.45, 2.75) is 33.7 Å². The third-order valence-electron chi connectivity index (χ3n) is 3.39. The fourth-order valence-electron chi connectivity index (χ4n) is 1.97. The van der Waals surface area contributed by atoms with E-state index in [1.54, 1.807) is 0 Å². The van der Waals surface area contributed by atoms with E-state index in [9.17, 15) is 0 Å². The van der Waals surface area contributed by atoms with Gasteiger partial charge in [0.05, 0.1) is 0 Å². The second kappa shape index (κ2) is 8.74. The van der Waals surface area contributed by atoms with E-state index in [1.165, 1.54) is 12.0 Å². The summed E-state index contributed by atoms with van der Waals surface area (Å²) >= 11 is 0. The highest BCUT2D eigenvalue weighted by Gasteiger charge is 2.07. The molecule has 0 heterocycles. The van der Waals surface area contributed by atoms with Gasteiger partial charge in [-0.25, -0.2) is 0 Å². The molecule has 0 fully saturated rings. The lowest BCUT2D eigenvalue weighted by molar-refractivity contribution is 0.238. The predicted molar refractivity (Wildman–Crippen MR) is 80.8 cm³/mol. The van der Waals surface area contributed by atoms with Crippen molar-refractivity contribution in [3.05, 3.63) is 35.4 Å². The highest BCUT2D eigenvalue weighted by Crippen LogP contribution is 2.10. The maximum Gasteiger partial charge on any atom is 0.104 e. The monoisotopic (exact) mass is 259 g/mol. The molecule has 1 atom stereocenters. The summed E-state index contributed by atoms with van der Waals surface area (Å²) in [5, 5.41) is 8.66. The van der Waals surface area contributed by atoms with Gasteiger partial charge in [-0.3, -0.25) is 4.90 Å². The third-order valence-corrected chi connectivity index (χ3v) is 3.39. The number of aliphatic hydroxyl groups is 1. The summed E-state index contributed by atoms with van der Waals surface area (Å²) in [5.41, 5.74) is 2.28. The standard InChI is InChI=1S/C17H25NO/c1-4-15(3)13-18(5-2)14-17-10-8-16(9-11-17)7-6-12-19/h8-11,15,19H,4-5,12-14H2,1-3H3. The minimum Gasteiger partial charge on any atom is -0.384 e. The summed E-state index contributed by atoms with van der Waals surface area (Å²) in [4.78, 5) is 2.47. The molecule has 2 heteroatoms. The second-order valence-corrected chi connectivity index (χ2v) is 5.00. The average molecular weight is 259 g/mol. The van der Waals surface area contributed by atoms with Crippen LogP contribution in [0.3, 0.4) is 0 Å². The normalized spacial score (nSPS) is 12.1. The van der Waals surface area contributed by atoms with Gasteiger partial charge in [-0.1, -0.05) is 51.2 Å². The highest BCUT2D eigenvalue weighted by molar-refractivity contribution is 5.36. The zero-order valence-electron chi connectivity index (χ0n) is 12.3. The molecule has 0 aliphatic heterocycles. The van der Waals surface area contributed by atoms with E-state index in [0.29, 0.717) is 0 Å². The number of hydrogen-bond donors (Lipinski definition) is 1. The molecule has 0 aliphatic carbocycles. The molecule has 0 radical (unpaired) electrons. The van der Waals surface area contributed by atoms with Gasteiger partial charge in [0, 0.05) is 18.7 Å². The molecule has 19 heavy (non-hydrogen) atoms. The van der Waals surface area contributed by atoms with Crippen molar-refractivity contribution in [1.29, 1.82) is 0 Å². The zero-order valence-corrected chi connectivity index (χ0v) is 12.3. The summed E-state index contributed by atoms with van der Waals surface area (Å²) in [7, 11) is 0. The van der Waals surface area contributed by atoms with Gasteiger partial charge in [0.25, 0.3) is 0 Å². The first-order valence-electron chi connectivity index (χ1n) is 7.10. The molecule has 0 saturated heterocycles. The van der Waals surface area contributed by atoms with E-state index < -0.39 is 0 Å². The number of nitrogens with zero attached hydrogens (tertiary/aromatic N) is 1. The molecule has 1 aromatic carbocycles. The molecule has 0 aromatic heterocycles. The Labute approximate surface area is 117 Å². The Balaban J connectivity index is 2.60. The SMILES string of the molecule is CCC(C)CN(CC)Cc1ccc(C#CCO)cc1. The van der Waals surface area contributed by atoms with Crippen molar-refractivity contribution in [3.8, 4) is 11.8 Å². The van der Waals surface area contributed by atoms with Crippen LogP contribution < -0.4 is 0 Å². The van der Waals surface area contributed by atoms with Crippen molar-refractivity contribution >= 4 is 0 Å². The van der Waals surface area contributed by atoms with E-state index >= 15 is 0 Å². The first-order chi connectivity index (χ1) is 9.19. The van der Waals surface area contributed by atoms with Crippen LogP contribution in [0.1, 0.15) is 38.3 Å². The van der Waals surface area contributed by atoms with Gasteiger partial charge in [0.15, 0.2) is 0 Å². The van der Waals surface area contributed by atoms with Crippen LogP contribution in [0.15, 0.2) is 24.3 Å². The van der Waals surface area contributed by atoms with Crippen molar-refractivity contribution in [2.24, 2.45) is 5.92 Å². The number of aliphatic hydroxyl groups excluding tert-OH is 1. The fourth-order valence-corrected chi connectivity index (χ4v) is 1.97. The van der Waals surface area contributed by atoms with Crippen LogP contribution in [0, 0.1) is 17.8 Å². The molecular formula is C17H25NO. The minimum absolute atomic E-state index is 0.0831. The fraction of sp³-hybridized carbons (Fsp3) is 0.529. The van der Waals surface area contributed by atoms with Gasteiger partial charge >= 0.3 is 0 Å². The Morgan fingerprint density at radius 2 is 1.89 bits per heavy atom. The van der Waals surface area contributed by atoms with Crippen LogP contribution >= 0.6 is 0 Å². The Morgan fingerprint density at radius 1 is 1.21 bits per heavy atom. The Kier molecular flexibility index (Phi) is 7.25. The van der Waals surface area contributed by atoms with E-state index in [2.05, 4.69) is 49.6 Å². The van der Waals surface area contributed by atoms with Crippen LogP contribution in [-0.4, -0.2) is 29.7 Å². The van der Waals surface area contributed by atoms with Gasteiger partial charge in [0.1, 0.15) is 6.61 Å². The largest absolute Gasteiger partial charge is 0.384 e. The highest BCUT2D eigenvalue weighted by atomic mass is 16.2. The minimum atomic E-state index is -0.0831. The van der Waals surface area contributed by atoms with E-state index in [4.69, 9.17) is 5.11 Å². The topological polar surface area (TPSA) is 23.5 Å². The Bertz CT molecular complexity index is 413. The summed E-state index contributed by atoms with van der Waals surface area (Å²) < 4.78 is 0. The number of benzene rings is 1. The first kappa shape index (κ1) is 15.8. The lowest BCUT2D eigenvalue weighted by Gasteiger charge is -2.23. The van der Waals surface area contributed by atoms with Gasteiger partial charge in [-0.05, 0) is 30.2 Å². The van der Waals surface area contributed by atoms with Gasteiger partial charge in [-0.15, -0.1) is 0 Å². The molecule has 0 spiro atoms. The molecule has 0 bridgehead atoms. The number of rotatable bonds is 6. The van der Waals surface area contributed by atoms with Crippen molar-refractivity contribution in [3.63, 3.8) is 0 Å². The summed E-state index contributed by atoms with van der Waals surface area (Å²) in [6.45, 7) is 9.90. The molecule has 104 valence electrons. The van der Waals surface area contributed by atoms with E-state index in [-0.39, 0.29) is 6.61 Å². The molecule has 0 aliphatic rings. The van der Waals surface area contributed by atoms with Crippen molar-refractivity contribution in [2.75, 3.05) is 19.7 Å². The second-order valence-electron chi connectivity index (χ2n) is 5.00. The lowest BCUT2D eigenvalue weighted by Crippen LogP contribution is -2.27. The molecule has 1 unspecified atom stereocenters. The van der Waals surface area contributed by atoms with Gasteiger partial charge < -0.3 is 5.11 Å². The quantitative estimate of drug-likeness (QED) is 0.794. The lowest BCUT2D eigenvalue weighted by atomic mass is 10.1. The van der Waals surface area contributed by atoms with E-state index in [0.717, 1.165) is 31.1 Å². The maximum absolute atomic E-state index is 8.66. The molecule has 1 aromatic rings.